The molecule has 0 radical (unpaired) electrons. The van der Waals surface area contributed by atoms with Crippen LogP contribution in [0.3, 0.4) is 0 Å². The number of hydrogen-bond acceptors (Lipinski definition) is 3. The molecule has 0 aromatic heterocycles. The molecule has 0 aromatic carbocycles. The van der Waals surface area contributed by atoms with Gasteiger partial charge in [0.05, 0.1) is 10.7 Å². The molecule has 0 aliphatic carbocycles. The topological polar surface area (TPSA) is 20.2 Å². The van der Waals surface area contributed by atoms with Crippen molar-refractivity contribution in [2.75, 3.05) is 11.5 Å². The zero-order valence-electron chi connectivity index (χ0n) is 9.78. The van der Waals surface area contributed by atoms with Gasteiger partial charge >= 0.3 is 0 Å². The molecule has 0 aromatic rings. The van der Waals surface area contributed by atoms with Crippen molar-refractivity contribution < 1.29 is 5.11 Å². The summed E-state index contributed by atoms with van der Waals surface area (Å²) >= 11 is 4.17. The average Bonchev–Trinajstić information content (AvgIpc) is 2.28. The van der Waals surface area contributed by atoms with E-state index in [9.17, 15) is 5.11 Å². The van der Waals surface area contributed by atoms with Crippen LogP contribution >= 0.6 is 23.5 Å². The number of unbranched alkanes of at least 4 members (excludes halogenated alkanes) is 2. The average molecular weight is 248 g/mol. The molecule has 1 heterocycles. The second-order valence-electron chi connectivity index (χ2n) is 4.25. The van der Waals surface area contributed by atoms with Gasteiger partial charge in [-0.25, -0.2) is 0 Å². The number of thioether (sulfide) groups is 2. The Morgan fingerprint density at radius 2 is 1.93 bits per heavy atom. The summed E-state index contributed by atoms with van der Waals surface area (Å²) in [7, 11) is 0. The minimum absolute atomic E-state index is 0.0420. The van der Waals surface area contributed by atoms with Crippen LogP contribution in [0.5, 0.6) is 0 Å². The quantitative estimate of drug-likeness (QED) is 0.690. The van der Waals surface area contributed by atoms with E-state index < -0.39 is 0 Å². The third-order valence-electron chi connectivity index (χ3n) is 2.77. The van der Waals surface area contributed by atoms with Gasteiger partial charge in [-0.3, -0.25) is 0 Å². The lowest BCUT2D eigenvalue weighted by molar-refractivity contribution is 0.150. The Morgan fingerprint density at radius 3 is 2.60 bits per heavy atom. The van der Waals surface area contributed by atoms with Gasteiger partial charge in [0.25, 0.3) is 0 Å². The van der Waals surface area contributed by atoms with Crippen LogP contribution < -0.4 is 0 Å². The molecule has 1 saturated heterocycles. The van der Waals surface area contributed by atoms with E-state index in [0.717, 1.165) is 17.4 Å². The first-order valence-corrected chi connectivity index (χ1v) is 8.34. The molecule has 1 N–H and O–H groups in total. The molecule has 1 rings (SSSR count). The predicted octanol–water partition coefficient (Wildman–Crippen LogP) is 3.90. The summed E-state index contributed by atoms with van der Waals surface area (Å²) in [6, 6.07) is 0. The van der Waals surface area contributed by atoms with Crippen molar-refractivity contribution in [3.05, 3.63) is 0 Å². The van der Waals surface area contributed by atoms with Gasteiger partial charge in [-0.15, -0.1) is 23.5 Å². The molecule has 0 saturated carbocycles. The van der Waals surface area contributed by atoms with E-state index in [4.69, 9.17) is 0 Å². The van der Waals surface area contributed by atoms with E-state index in [2.05, 4.69) is 30.4 Å². The molecule has 1 atom stereocenters. The Kier molecular flexibility index (Phi) is 8.02. The summed E-state index contributed by atoms with van der Waals surface area (Å²) in [5.74, 6) is 2.65. The summed E-state index contributed by atoms with van der Waals surface area (Å²) in [4.78, 5) is 0. The Hall–Kier alpha value is 0.660. The summed E-state index contributed by atoms with van der Waals surface area (Å²) in [5, 5.41) is 9.79. The highest BCUT2D eigenvalue weighted by atomic mass is 32.2. The van der Waals surface area contributed by atoms with Gasteiger partial charge in [0.2, 0.25) is 0 Å². The fourth-order valence-electron chi connectivity index (χ4n) is 1.81. The normalized spacial score (nSPS) is 20.4. The maximum absolute atomic E-state index is 9.79. The van der Waals surface area contributed by atoms with Crippen LogP contribution in [0.25, 0.3) is 0 Å². The van der Waals surface area contributed by atoms with Gasteiger partial charge in [0.1, 0.15) is 0 Å². The first-order chi connectivity index (χ1) is 7.33. The standard InChI is InChI=1S/C12H24OS2/c1-2-3-4-6-11(13)7-8-12-14-9-5-10-15-12/h11-13H,2-10H2,1H3. The summed E-state index contributed by atoms with van der Waals surface area (Å²) in [5.41, 5.74) is 0. The van der Waals surface area contributed by atoms with Crippen molar-refractivity contribution in [1.29, 1.82) is 0 Å². The van der Waals surface area contributed by atoms with Gasteiger partial charge < -0.3 is 5.11 Å². The monoisotopic (exact) mass is 248 g/mol. The third-order valence-corrected chi connectivity index (χ3v) is 5.85. The van der Waals surface area contributed by atoms with Crippen LogP contribution in [0.2, 0.25) is 0 Å². The van der Waals surface area contributed by atoms with Crippen LogP contribution in [0, 0.1) is 0 Å². The van der Waals surface area contributed by atoms with Crippen molar-refractivity contribution in [2.45, 2.75) is 62.6 Å². The molecule has 3 heteroatoms. The van der Waals surface area contributed by atoms with E-state index in [1.165, 1.54) is 43.6 Å². The van der Waals surface area contributed by atoms with E-state index in [-0.39, 0.29) is 6.10 Å². The van der Waals surface area contributed by atoms with Gasteiger partial charge in [-0.05, 0) is 37.2 Å². The fraction of sp³-hybridized carbons (Fsp3) is 1.00. The summed E-state index contributed by atoms with van der Waals surface area (Å²) in [6.07, 6.45) is 8.26. The predicted molar refractivity (Wildman–Crippen MR) is 72.7 cm³/mol. The first-order valence-electron chi connectivity index (χ1n) is 6.24. The van der Waals surface area contributed by atoms with E-state index in [1.807, 2.05) is 0 Å². The Labute approximate surface area is 103 Å². The van der Waals surface area contributed by atoms with Crippen LogP contribution in [-0.4, -0.2) is 27.3 Å². The highest BCUT2D eigenvalue weighted by Gasteiger charge is 2.15. The van der Waals surface area contributed by atoms with Crippen LogP contribution in [0.1, 0.15) is 51.9 Å². The number of hydrogen-bond donors (Lipinski definition) is 1. The van der Waals surface area contributed by atoms with E-state index in [0.29, 0.717) is 0 Å². The van der Waals surface area contributed by atoms with Crippen molar-refractivity contribution in [1.82, 2.24) is 0 Å². The highest BCUT2D eigenvalue weighted by Crippen LogP contribution is 2.34. The lowest BCUT2D eigenvalue weighted by atomic mass is 10.1. The van der Waals surface area contributed by atoms with Gasteiger partial charge in [-0.1, -0.05) is 26.2 Å². The molecule has 1 fully saturated rings. The Balaban J connectivity index is 1.97. The van der Waals surface area contributed by atoms with E-state index >= 15 is 0 Å². The van der Waals surface area contributed by atoms with Crippen molar-refractivity contribution in [3.8, 4) is 0 Å². The second kappa shape index (κ2) is 8.77. The summed E-state index contributed by atoms with van der Waals surface area (Å²) < 4.78 is 0.763. The lowest BCUT2D eigenvalue weighted by Crippen LogP contribution is -2.12. The van der Waals surface area contributed by atoms with Crippen LogP contribution in [-0.2, 0) is 0 Å². The van der Waals surface area contributed by atoms with Crippen LogP contribution in [0.15, 0.2) is 0 Å². The molecule has 1 aliphatic heterocycles. The van der Waals surface area contributed by atoms with Crippen molar-refractivity contribution >= 4 is 23.5 Å². The van der Waals surface area contributed by atoms with Crippen LogP contribution in [0.4, 0.5) is 0 Å². The molecule has 1 aliphatic rings. The van der Waals surface area contributed by atoms with Gasteiger partial charge in [0.15, 0.2) is 0 Å². The minimum Gasteiger partial charge on any atom is -0.393 e. The van der Waals surface area contributed by atoms with Crippen molar-refractivity contribution in [3.63, 3.8) is 0 Å². The van der Waals surface area contributed by atoms with Crippen molar-refractivity contribution in [2.24, 2.45) is 0 Å². The minimum atomic E-state index is -0.0420. The maximum Gasteiger partial charge on any atom is 0.0541 e. The lowest BCUT2D eigenvalue weighted by Gasteiger charge is -2.21. The van der Waals surface area contributed by atoms with E-state index in [1.54, 1.807) is 0 Å². The number of aliphatic hydroxyl groups is 1. The number of aliphatic hydroxyl groups excluding tert-OH is 1. The SMILES string of the molecule is CCCCCC(O)CCC1SCCCS1. The molecule has 90 valence electrons. The zero-order valence-corrected chi connectivity index (χ0v) is 11.4. The molecule has 0 spiro atoms. The molecule has 15 heavy (non-hydrogen) atoms. The Morgan fingerprint density at radius 1 is 1.20 bits per heavy atom. The molecule has 1 unspecified atom stereocenters. The fourth-order valence-corrected chi connectivity index (χ4v) is 4.70. The first kappa shape index (κ1) is 13.7. The van der Waals surface area contributed by atoms with Gasteiger partial charge in [0, 0.05) is 0 Å². The molecular weight excluding hydrogens is 224 g/mol. The molecule has 0 bridgehead atoms. The molecular formula is C12H24OS2. The smallest absolute Gasteiger partial charge is 0.0541 e. The molecule has 0 amide bonds. The van der Waals surface area contributed by atoms with Gasteiger partial charge in [-0.2, -0.15) is 0 Å². The summed E-state index contributed by atoms with van der Waals surface area (Å²) in [6.45, 7) is 2.21. The largest absolute Gasteiger partial charge is 0.393 e. The zero-order chi connectivity index (χ0) is 10.9. The molecule has 1 nitrogen and oxygen atoms in total. The third kappa shape index (κ3) is 6.75. The maximum atomic E-state index is 9.79. The second-order valence-corrected chi connectivity index (χ2v) is 7.17. The Bertz CT molecular complexity index is 147. The number of rotatable bonds is 7. The highest BCUT2D eigenvalue weighted by molar-refractivity contribution is 8.17.